The van der Waals surface area contributed by atoms with Crippen molar-refractivity contribution in [3.63, 3.8) is 0 Å². The SMILES string of the molecule is CCC(C)C(NCc1cc(F)c(O)c(F)c1)C(=O)OC. The lowest BCUT2D eigenvalue weighted by atomic mass is 9.99. The maximum absolute atomic E-state index is 13.2. The molecular weight excluding hydrogens is 268 g/mol. The van der Waals surface area contributed by atoms with Gasteiger partial charge in [-0.25, -0.2) is 8.78 Å². The Hall–Kier alpha value is -1.69. The number of rotatable bonds is 6. The van der Waals surface area contributed by atoms with Gasteiger partial charge in [0.25, 0.3) is 0 Å². The summed E-state index contributed by atoms with van der Waals surface area (Å²) in [5.74, 6) is -3.45. The van der Waals surface area contributed by atoms with Crippen LogP contribution in [0.3, 0.4) is 0 Å². The van der Waals surface area contributed by atoms with E-state index in [9.17, 15) is 13.6 Å². The van der Waals surface area contributed by atoms with Crippen LogP contribution in [0.5, 0.6) is 5.75 Å². The number of benzene rings is 1. The summed E-state index contributed by atoms with van der Waals surface area (Å²) in [6, 6.07) is 1.50. The summed E-state index contributed by atoms with van der Waals surface area (Å²) in [4.78, 5) is 11.6. The van der Waals surface area contributed by atoms with Crippen molar-refractivity contribution < 1.29 is 23.4 Å². The van der Waals surface area contributed by atoms with Crippen molar-refractivity contribution in [3.8, 4) is 5.75 Å². The third-order valence-corrected chi connectivity index (χ3v) is 3.27. The quantitative estimate of drug-likeness (QED) is 0.789. The smallest absolute Gasteiger partial charge is 0.323 e. The van der Waals surface area contributed by atoms with Crippen LogP contribution in [0.1, 0.15) is 25.8 Å². The molecule has 112 valence electrons. The molecule has 0 bridgehead atoms. The van der Waals surface area contributed by atoms with Gasteiger partial charge in [-0.1, -0.05) is 20.3 Å². The van der Waals surface area contributed by atoms with Crippen LogP contribution in [-0.4, -0.2) is 24.2 Å². The van der Waals surface area contributed by atoms with Gasteiger partial charge in [0.05, 0.1) is 7.11 Å². The average molecular weight is 287 g/mol. The van der Waals surface area contributed by atoms with Gasteiger partial charge in [-0.3, -0.25) is 4.79 Å². The first kappa shape index (κ1) is 16.4. The number of carbonyl (C=O) groups is 1. The molecule has 2 N–H and O–H groups in total. The van der Waals surface area contributed by atoms with Crippen LogP contribution in [0, 0.1) is 17.6 Å². The fourth-order valence-electron chi connectivity index (χ4n) is 1.83. The molecule has 0 fully saturated rings. The van der Waals surface area contributed by atoms with Crippen molar-refractivity contribution in [3.05, 3.63) is 29.3 Å². The first-order chi connectivity index (χ1) is 9.40. The van der Waals surface area contributed by atoms with Crippen molar-refractivity contribution in [1.29, 1.82) is 0 Å². The second-order valence-corrected chi connectivity index (χ2v) is 4.68. The minimum atomic E-state index is -1.03. The summed E-state index contributed by atoms with van der Waals surface area (Å²) >= 11 is 0. The van der Waals surface area contributed by atoms with Gasteiger partial charge < -0.3 is 15.2 Å². The number of hydrogen-bond acceptors (Lipinski definition) is 4. The van der Waals surface area contributed by atoms with Crippen LogP contribution in [0.15, 0.2) is 12.1 Å². The molecule has 1 aromatic rings. The van der Waals surface area contributed by atoms with Gasteiger partial charge in [-0.05, 0) is 23.6 Å². The van der Waals surface area contributed by atoms with Crippen LogP contribution >= 0.6 is 0 Å². The normalized spacial score (nSPS) is 13.8. The number of esters is 1. The summed E-state index contributed by atoms with van der Waals surface area (Å²) in [6.45, 7) is 3.91. The summed E-state index contributed by atoms with van der Waals surface area (Å²) in [5, 5.41) is 11.9. The third kappa shape index (κ3) is 3.90. The van der Waals surface area contributed by atoms with Gasteiger partial charge in [0.1, 0.15) is 6.04 Å². The molecule has 1 rings (SSSR count). The monoisotopic (exact) mass is 287 g/mol. The van der Waals surface area contributed by atoms with Crippen molar-refractivity contribution in [2.45, 2.75) is 32.9 Å². The van der Waals surface area contributed by atoms with Crippen LogP contribution in [0.4, 0.5) is 8.78 Å². The number of hydrogen-bond donors (Lipinski definition) is 2. The molecule has 0 amide bonds. The predicted molar refractivity (Wildman–Crippen MR) is 70.1 cm³/mol. The molecular formula is C14H19F2NO3. The van der Waals surface area contributed by atoms with Crippen LogP contribution in [0.25, 0.3) is 0 Å². The molecule has 6 heteroatoms. The van der Waals surface area contributed by atoms with E-state index in [1.807, 2.05) is 13.8 Å². The first-order valence-corrected chi connectivity index (χ1v) is 6.38. The van der Waals surface area contributed by atoms with Gasteiger partial charge in [0.15, 0.2) is 17.4 Å². The fourth-order valence-corrected chi connectivity index (χ4v) is 1.83. The van der Waals surface area contributed by atoms with E-state index in [1.54, 1.807) is 0 Å². The zero-order chi connectivity index (χ0) is 15.3. The summed E-state index contributed by atoms with van der Waals surface area (Å²) < 4.78 is 31.1. The van der Waals surface area contributed by atoms with Crippen molar-refractivity contribution in [2.24, 2.45) is 5.92 Å². The maximum Gasteiger partial charge on any atom is 0.323 e. The molecule has 0 aliphatic heterocycles. The molecule has 2 atom stereocenters. The molecule has 0 heterocycles. The summed E-state index contributed by atoms with van der Waals surface area (Å²) in [6.07, 6.45) is 0.755. The van der Waals surface area contributed by atoms with Gasteiger partial charge >= 0.3 is 5.97 Å². The zero-order valence-electron chi connectivity index (χ0n) is 11.7. The molecule has 0 spiro atoms. The number of nitrogens with one attached hydrogen (secondary N) is 1. The van der Waals surface area contributed by atoms with E-state index >= 15 is 0 Å². The Morgan fingerprint density at radius 2 is 1.95 bits per heavy atom. The Morgan fingerprint density at radius 1 is 1.40 bits per heavy atom. The van der Waals surface area contributed by atoms with E-state index in [-0.39, 0.29) is 12.5 Å². The molecule has 0 saturated carbocycles. The lowest BCUT2D eigenvalue weighted by molar-refractivity contribution is -0.144. The van der Waals surface area contributed by atoms with Crippen LogP contribution in [-0.2, 0) is 16.1 Å². The summed E-state index contributed by atoms with van der Waals surface area (Å²) in [7, 11) is 1.29. The van der Waals surface area contributed by atoms with E-state index in [0.29, 0.717) is 5.56 Å². The fraction of sp³-hybridized carbons (Fsp3) is 0.500. The minimum absolute atomic E-state index is 0.0225. The number of carbonyl (C=O) groups excluding carboxylic acids is 1. The number of phenolic OH excluding ortho intramolecular Hbond substituents is 1. The van der Waals surface area contributed by atoms with Crippen molar-refractivity contribution >= 4 is 5.97 Å². The zero-order valence-corrected chi connectivity index (χ0v) is 11.7. The average Bonchev–Trinajstić information content (AvgIpc) is 2.43. The van der Waals surface area contributed by atoms with Crippen molar-refractivity contribution in [2.75, 3.05) is 7.11 Å². The van der Waals surface area contributed by atoms with Gasteiger partial charge in [0, 0.05) is 6.54 Å². The lowest BCUT2D eigenvalue weighted by Gasteiger charge is -2.22. The number of phenols is 1. The first-order valence-electron chi connectivity index (χ1n) is 6.38. The van der Waals surface area contributed by atoms with E-state index in [1.165, 1.54) is 7.11 Å². The molecule has 0 aliphatic carbocycles. The van der Waals surface area contributed by atoms with E-state index in [0.717, 1.165) is 18.6 Å². The molecule has 0 aliphatic rings. The Balaban J connectivity index is 2.80. The summed E-state index contributed by atoms with van der Waals surface area (Å²) in [5.41, 5.74) is 0.301. The second-order valence-electron chi connectivity index (χ2n) is 4.68. The number of halogens is 2. The Kier molecular flexibility index (Phi) is 5.88. The predicted octanol–water partition coefficient (Wildman–Crippen LogP) is 2.35. The number of methoxy groups -OCH3 is 1. The number of ether oxygens (including phenoxy) is 1. The van der Waals surface area contributed by atoms with Crippen LogP contribution in [0.2, 0.25) is 0 Å². The largest absolute Gasteiger partial charge is 0.503 e. The topological polar surface area (TPSA) is 58.6 Å². The van der Waals surface area contributed by atoms with Crippen LogP contribution < -0.4 is 5.32 Å². The van der Waals surface area contributed by atoms with Crippen molar-refractivity contribution in [1.82, 2.24) is 5.32 Å². The molecule has 4 nitrogen and oxygen atoms in total. The maximum atomic E-state index is 13.2. The molecule has 0 aromatic heterocycles. The highest BCUT2D eigenvalue weighted by molar-refractivity contribution is 5.75. The highest BCUT2D eigenvalue weighted by atomic mass is 19.1. The van der Waals surface area contributed by atoms with E-state index < -0.39 is 29.4 Å². The molecule has 0 saturated heterocycles. The van der Waals surface area contributed by atoms with E-state index in [2.05, 4.69) is 5.32 Å². The Bertz CT molecular complexity index is 456. The molecule has 20 heavy (non-hydrogen) atoms. The van der Waals surface area contributed by atoms with E-state index in [4.69, 9.17) is 9.84 Å². The standard InChI is InChI=1S/C14H19F2NO3/c1-4-8(2)12(14(19)20-3)17-7-9-5-10(15)13(18)11(16)6-9/h5-6,8,12,17-18H,4,7H2,1-3H3. The molecule has 2 unspecified atom stereocenters. The third-order valence-electron chi connectivity index (χ3n) is 3.27. The Labute approximate surface area is 116 Å². The lowest BCUT2D eigenvalue weighted by Crippen LogP contribution is -2.42. The van der Waals surface area contributed by atoms with Gasteiger partial charge in [0.2, 0.25) is 0 Å². The highest BCUT2D eigenvalue weighted by Gasteiger charge is 2.24. The molecule has 0 radical (unpaired) electrons. The minimum Gasteiger partial charge on any atom is -0.503 e. The number of aromatic hydroxyl groups is 1. The second kappa shape index (κ2) is 7.19. The van der Waals surface area contributed by atoms with Gasteiger partial charge in [-0.2, -0.15) is 0 Å². The Morgan fingerprint density at radius 3 is 2.40 bits per heavy atom. The molecule has 1 aromatic carbocycles. The highest BCUT2D eigenvalue weighted by Crippen LogP contribution is 2.21. The van der Waals surface area contributed by atoms with Gasteiger partial charge in [-0.15, -0.1) is 0 Å².